The molecule has 1 aromatic rings. The van der Waals surface area contributed by atoms with Crippen LogP contribution in [0, 0.1) is 0 Å². The van der Waals surface area contributed by atoms with E-state index in [0.29, 0.717) is 0 Å². The molecule has 6 heteroatoms. The predicted octanol–water partition coefficient (Wildman–Crippen LogP) is 0.112. The number of nitrogens with one attached hydrogen (secondary N) is 2. The first-order valence-corrected chi connectivity index (χ1v) is 6.81. The topological polar surface area (TPSA) is 71.1 Å². The van der Waals surface area contributed by atoms with Gasteiger partial charge in [0.2, 0.25) is 0 Å². The fourth-order valence-corrected chi connectivity index (χ4v) is 2.98. The number of aromatic nitrogens is 1. The fraction of sp³-hybridized carbons (Fsp3) is 0.500. The molecule has 0 atom stereocenters. The second-order valence-corrected chi connectivity index (χ2v) is 5.47. The second-order valence-electron chi connectivity index (χ2n) is 3.81. The first-order valence-electron chi connectivity index (χ1n) is 5.32. The van der Waals surface area contributed by atoms with Crippen molar-refractivity contribution in [2.24, 2.45) is 0 Å². The van der Waals surface area contributed by atoms with Gasteiger partial charge in [0.15, 0.2) is 5.03 Å². The lowest BCUT2D eigenvalue weighted by molar-refractivity contribution is 0.426. The van der Waals surface area contributed by atoms with Gasteiger partial charge in [0.25, 0.3) is 10.0 Å². The Bertz CT molecular complexity index is 427. The number of sulfonamides is 1. The molecule has 0 saturated carbocycles. The van der Waals surface area contributed by atoms with Crippen LogP contribution in [0.25, 0.3) is 0 Å². The minimum atomic E-state index is -3.45. The highest BCUT2D eigenvalue weighted by Gasteiger charge is 2.22. The van der Waals surface area contributed by atoms with Crippen molar-refractivity contribution in [3.8, 4) is 0 Å². The molecule has 0 bridgehead atoms. The molecule has 1 aliphatic heterocycles. The molecule has 0 spiro atoms. The van der Waals surface area contributed by atoms with Crippen LogP contribution in [-0.2, 0) is 10.0 Å². The first-order chi connectivity index (χ1) is 7.68. The highest BCUT2D eigenvalue weighted by atomic mass is 32.2. The summed E-state index contributed by atoms with van der Waals surface area (Å²) in [5.41, 5.74) is 0. The van der Waals surface area contributed by atoms with Crippen molar-refractivity contribution in [1.29, 1.82) is 0 Å². The number of nitrogens with zero attached hydrogens (tertiary/aromatic N) is 1. The molecule has 5 nitrogen and oxygen atoms in total. The Balaban J connectivity index is 2.08. The molecule has 0 aromatic carbocycles. The fourth-order valence-electron chi connectivity index (χ4n) is 1.73. The molecular weight excluding hydrogens is 226 g/mol. The largest absolute Gasteiger partial charge is 0.317 e. The van der Waals surface area contributed by atoms with Crippen LogP contribution >= 0.6 is 0 Å². The van der Waals surface area contributed by atoms with Gasteiger partial charge in [-0.3, -0.25) is 0 Å². The molecular formula is C10H15N3O2S. The van der Waals surface area contributed by atoms with E-state index < -0.39 is 10.0 Å². The Kier molecular flexibility index (Phi) is 3.52. The van der Waals surface area contributed by atoms with E-state index in [1.807, 2.05) is 0 Å². The monoisotopic (exact) mass is 241 g/mol. The Morgan fingerprint density at radius 2 is 2.06 bits per heavy atom. The molecule has 1 saturated heterocycles. The van der Waals surface area contributed by atoms with Gasteiger partial charge in [0, 0.05) is 12.2 Å². The van der Waals surface area contributed by atoms with Gasteiger partial charge in [-0.2, -0.15) is 0 Å². The van der Waals surface area contributed by atoms with E-state index in [-0.39, 0.29) is 11.1 Å². The standard InChI is InChI=1S/C10H15N3O2S/c14-16(15,10-3-1-2-6-12-10)13-9-4-7-11-8-5-9/h1-3,6,9,11,13H,4-5,7-8H2. The molecule has 0 radical (unpaired) electrons. The van der Waals surface area contributed by atoms with Crippen molar-refractivity contribution >= 4 is 10.0 Å². The third-order valence-electron chi connectivity index (χ3n) is 2.57. The Hall–Kier alpha value is -0.980. The lowest BCUT2D eigenvalue weighted by atomic mass is 10.1. The summed E-state index contributed by atoms with van der Waals surface area (Å²) in [6, 6.07) is 4.89. The van der Waals surface area contributed by atoms with Gasteiger partial charge >= 0.3 is 0 Å². The van der Waals surface area contributed by atoms with Crippen LogP contribution in [-0.4, -0.2) is 32.5 Å². The van der Waals surface area contributed by atoms with E-state index in [0.717, 1.165) is 25.9 Å². The normalized spacial score (nSPS) is 18.5. The zero-order chi connectivity index (χ0) is 11.4. The molecule has 0 amide bonds. The molecule has 1 aliphatic rings. The number of pyridine rings is 1. The summed E-state index contributed by atoms with van der Waals surface area (Å²) < 4.78 is 26.5. The number of rotatable bonds is 3. The summed E-state index contributed by atoms with van der Waals surface area (Å²) in [5.74, 6) is 0. The summed E-state index contributed by atoms with van der Waals surface area (Å²) in [7, 11) is -3.45. The zero-order valence-corrected chi connectivity index (χ0v) is 9.70. The SMILES string of the molecule is O=S(=O)(NC1CCNCC1)c1ccccn1. The van der Waals surface area contributed by atoms with E-state index in [1.54, 1.807) is 12.1 Å². The van der Waals surface area contributed by atoms with Gasteiger partial charge in [0.1, 0.15) is 0 Å². The van der Waals surface area contributed by atoms with E-state index in [4.69, 9.17) is 0 Å². The van der Waals surface area contributed by atoms with Crippen LogP contribution in [0.5, 0.6) is 0 Å². The van der Waals surface area contributed by atoms with Crippen molar-refractivity contribution in [1.82, 2.24) is 15.0 Å². The summed E-state index contributed by atoms with van der Waals surface area (Å²) in [5, 5.41) is 3.28. The van der Waals surface area contributed by atoms with Gasteiger partial charge in [0.05, 0.1) is 0 Å². The van der Waals surface area contributed by atoms with Crippen LogP contribution in [0.4, 0.5) is 0 Å². The lowest BCUT2D eigenvalue weighted by Gasteiger charge is -2.23. The van der Waals surface area contributed by atoms with Gasteiger partial charge < -0.3 is 5.32 Å². The predicted molar refractivity (Wildman–Crippen MR) is 60.5 cm³/mol. The van der Waals surface area contributed by atoms with E-state index in [1.165, 1.54) is 12.3 Å². The molecule has 88 valence electrons. The highest BCUT2D eigenvalue weighted by Crippen LogP contribution is 2.09. The van der Waals surface area contributed by atoms with Crippen LogP contribution in [0.2, 0.25) is 0 Å². The van der Waals surface area contributed by atoms with Crippen molar-refractivity contribution in [3.05, 3.63) is 24.4 Å². The Morgan fingerprint density at radius 3 is 2.69 bits per heavy atom. The van der Waals surface area contributed by atoms with Crippen molar-refractivity contribution in [2.45, 2.75) is 23.9 Å². The Labute approximate surface area is 95.3 Å². The Morgan fingerprint density at radius 1 is 1.31 bits per heavy atom. The summed E-state index contributed by atoms with van der Waals surface area (Å²) in [6.45, 7) is 1.71. The smallest absolute Gasteiger partial charge is 0.258 e. The number of hydrogen-bond donors (Lipinski definition) is 2. The van der Waals surface area contributed by atoms with Gasteiger partial charge in [-0.15, -0.1) is 0 Å². The average Bonchev–Trinajstić information content (AvgIpc) is 2.31. The molecule has 1 fully saturated rings. The molecule has 0 unspecified atom stereocenters. The third-order valence-corrected chi connectivity index (χ3v) is 4.01. The quantitative estimate of drug-likeness (QED) is 0.788. The maximum absolute atomic E-state index is 11.9. The maximum atomic E-state index is 11.9. The van der Waals surface area contributed by atoms with Crippen molar-refractivity contribution < 1.29 is 8.42 Å². The third kappa shape index (κ3) is 2.78. The van der Waals surface area contributed by atoms with E-state index in [9.17, 15) is 8.42 Å². The summed E-state index contributed by atoms with van der Waals surface area (Å²) in [4.78, 5) is 3.85. The molecule has 0 aliphatic carbocycles. The average molecular weight is 241 g/mol. The summed E-state index contributed by atoms with van der Waals surface area (Å²) in [6.07, 6.45) is 3.13. The molecule has 16 heavy (non-hydrogen) atoms. The highest BCUT2D eigenvalue weighted by molar-refractivity contribution is 7.89. The van der Waals surface area contributed by atoms with E-state index >= 15 is 0 Å². The maximum Gasteiger partial charge on any atom is 0.258 e. The van der Waals surface area contributed by atoms with Gasteiger partial charge in [-0.05, 0) is 38.1 Å². The van der Waals surface area contributed by atoms with Crippen LogP contribution in [0.15, 0.2) is 29.4 Å². The minimum absolute atomic E-state index is 0.0215. The minimum Gasteiger partial charge on any atom is -0.317 e. The molecule has 2 heterocycles. The molecule has 1 aromatic heterocycles. The van der Waals surface area contributed by atoms with Crippen LogP contribution < -0.4 is 10.0 Å². The van der Waals surface area contributed by atoms with Crippen LogP contribution in [0.3, 0.4) is 0 Å². The van der Waals surface area contributed by atoms with Crippen molar-refractivity contribution in [3.63, 3.8) is 0 Å². The van der Waals surface area contributed by atoms with Crippen LogP contribution in [0.1, 0.15) is 12.8 Å². The molecule has 2 rings (SSSR count). The number of hydrogen-bond acceptors (Lipinski definition) is 4. The lowest BCUT2D eigenvalue weighted by Crippen LogP contribution is -2.42. The van der Waals surface area contributed by atoms with Gasteiger partial charge in [-0.1, -0.05) is 6.07 Å². The summed E-state index contributed by atoms with van der Waals surface area (Å²) >= 11 is 0. The number of piperidine rings is 1. The first kappa shape index (κ1) is 11.5. The van der Waals surface area contributed by atoms with E-state index in [2.05, 4.69) is 15.0 Å². The molecule has 2 N–H and O–H groups in total. The zero-order valence-electron chi connectivity index (χ0n) is 8.89. The van der Waals surface area contributed by atoms with Crippen molar-refractivity contribution in [2.75, 3.05) is 13.1 Å². The second kappa shape index (κ2) is 4.90. The van der Waals surface area contributed by atoms with Gasteiger partial charge in [-0.25, -0.2) is 18.1 Å².